The van der Waals surface area contributed by atoms with E-state index in [1.165, 1.54) is 30.7 Å². The zero-order valence-electron chi connectivity index (χ0n) is 18.6. The minimum atomic E-state index is 0. The molecular formula is C19H23Cr2NO10Te+. The van der Waals surface area contributed by atoms with E-state index in [-0.39, 0.29) is 34.7 Å². The third kappa shape index (κ3) is 212. The monoisotopic (exact) mass is 659 g/mol. The first-order chi connectivity index (χ1) is 15.2. The minimum Gasteiger partial charge on any atom is 0 e. The Balaban J connectivity index is -0.0000000109. The topological polar surface area (TPSA) is 199 Å². The van der Waals surface area contributed by atoms with Crippen molar-refractivity contribution in [1.82, 2.24) is 0 Å². The molecule has 11 nitrogen and oxygen atoms in total. The van der Waals surface area contributed by atoms with Crippen LogP contribution in [0.1, 0.15) is 27.7 Å². The number of nitrogens with zero attached hydrogens (tertiary/aromatic N) is 1. The summed E-state index contributed by atoms with van der Waals surface area (Å²) in [6.45, 7) is 59.2. The van der Waals surface area contributed by atoms with Crippen molar-refractivity contribution < 1.29 is 85.7 Å². The summed E-state index contributed by atoms with van der Waals surface area (Å²) >= 11 is 1.95. The van der Waals surface area contributed by atoms with E-state index in [2.05, 4.69) is 94.2 Å². The Morgan fingerprint density at radius 3 is 0.424 bits per heavy atom. The maximum Gasteiger partial charge on any atom is 0 e. The van der Waals surface area contributed by atoms with Gasteiger partial charge in [-0.1, -0.05) is 0 Å². The second-order valence-electron chi connectivity index (χ2n) is 2.61. The molecule has 1 radical (unpaired) electrons. The predicted molar refractivity (Wildman–Crippen MR) is 93.3 cm³/mol. The van der Waals surface area contributed by atoms with Gasteiger partial charge in [0.1, 0.15) is 0 Å². The predicted octanol–water partition coefficient (Wildman–Crippen LogP) is 1.71. The van der Waals surface area contributed by atoms with Crippen LogP contribution in [0.25, 0.3) is 0 Å². The Bertz CT molecular complexity index is 306. The van der Waals surface area contributed by atoms with Crippen molar-refractivity contribution in [2.75, 3.05) is 26.2 Å². The maximum absolute atomic E-state index is 7.50. The van der Waals surface area contributed by atoms with Gasteiger partial charge in [-0.2, -0.15) is 0 Å². The molecule has 0 unspecified atom stereocenters. The van der Waals surface area contributed by atoms with Crippen molar-refractivity contribution in [3.63, 3.8) is 0 Å². The SMILES string of the molecule is CC[N+](CC)(CC)CC.C[Te].[C-]#[O+].[C-]#[O+].[C-]#[O+].[C-]#[O+].[C-]#[O+].[C-]#[O+].[C-]#[O+].[C-]#[O+].[C-]#[O+].[C-]#[O+].[Cr].[Cr]. The molecule has 14 heteroatoms. The van der Waals surface area contributed by atoms with Crippen LogP contribution in [0, 0.1) is 66.5 Å². The molecule has 0 aromatic carbocycles. The smallest absolute Gasteiger partial charge is 0 e. The van der Waals surface area contributed by atoms with Crippen LogP contribution in [-0.2, 0) is 81.2 Å². The van der Waals surface area contributed by atoms with Gasteiger partial charge in [-0.3, -0.25) is 0 Å². The quantitative estimate of drug-likeness (QED) is 0.184. The molecule has 0 N–H and O–H groups in total. The number of hydrogen-bond acceptors (Lipinski definition) is 0. The molecule has 0 heterocycles. The molecule has 0 aliphatic rings. The first-order valence-corrected chi connectivity index (χ1v) is 8.87. The fourth-order valence-corrected chi connectivity index (χ4v) is 1.34. The molecule has 0 fully saturated rings. The zero-order valence-corrected chi connectivity index (χ0v) is 23.5. The molecular weight excluding hydrogens is 634 g/mol. The van der Waals surface area contributed by atoms with Gasteiger partial charge in [-0.25, -0.2) is 0 Å². The minimum absolute atomic E-state index is 0. The van der Waals surface area contributed by atoms with Crippen LogP contribution in [0.2, 0.25) is 4.97 Å². The van der Waals surface area contributed by atoms with Gasteiger partial charge in [0.15, 0.2) is 0 Å². The number of quaternary nitrogens is 1. The van der Waals surface area contributed by atoms with E-state index in [4.69, 9.17) is 46.5 Å². The second-order valence-corrected chi connectivity index (χ2v) is 2.61. The summed E-state index contributed by atoms with van der Waals surface area (Å²) in [4.78, 5) is 2.01. The van der Waals surface area contributed by atoms with Crippen LogP contribution in [0.3, 0.4) is 0 Å². The molecule has 0 amide bonds. The number of hydrogen-bond donors (Lipinski definition) is 0. The van der Waals surface area contributed by atoms with Crippen LogP contribution < -0.4 is 0 Å². The van der Waals surface area contributed by atoms with Gasteiger partial charge in [0, 0.05) is 34.7 Å². The van der Waals surface area contributed by atoms with E-state index in [9.17, 15) is 0 Å². The van der Waals surface area contributed by atoms with Gasteiger partial charge in [-0.05, 0) is 27.7 Å². The van der Waals surface area contributed by atoms with Crippen LogP contribution in [0.5, 0.6) is 0 Å². The zero-order chi connectivity index (χ0) is 29.3. The fourth-order valence-electron chi connectivity index (χ4n) is 1.34. The van der Waals surface area contributed by atoms with E-state index in [1.54, 1.807) is 0 Å². The van der Waals surface area contributed by atoms with Crippen molar-refractivity contribution in [3.05, 3.63) is 66.5 Å². The van der Waals surface area contributed by atoms with Crippen molar-refractivity contribution in [3.8, 4) is 0 Å². The Hall–Kier alpha value is -0.785. The summed E-state index contributed by atoms with van der Waals surface area (Å²) in [5.74, 6) is 0. The Morgan fingerprint density at radius 2 is 0.424 bits per heavy atom. The first-order valence-electron chi connectivity index (χ1n) is 6.54. The van der Waals surface area contributed by atoms with Crippen LogP contribution in [0.15, 0.2) is 0 Å². The average molecular weight is 657 g/mol. The molecule has 0 rings (SSSR count). The van der Waals surface area contributed by atoms with E-state index >= 15 is 0 Å². The molecule has 0 atom stereocenters. The van der Waals surface area contributed by atoms with Gasteiger partial charge in [-0.15, -0.1) is 0 Å². The molecule has 0 aliphatic heterocycles. The van der Waals surface area contributed by atoms with E-state index < -0.39 is 0 Å². The van der Waals surface area contributed by atoms with Gasteiger partial charge >= 0.3 is 140 Å². The van der Waals surface area contributed by atoms with E-state index in [0.717, 1.165) is 0 Å². The fraction of sp³-hybridized carbons (Fsp3) is 0.474. The molecule has 0 bridgehead atoms. The molecule has 33 heavy (non-hydrogen) atoms. The normalized spacial score (nSPS) is 4.06. The molecule has 0 aliphatic carbocycles. The molecule has 0 spiro atoms. The van der Waals surface area contributed by atoms with Crippen LogP contribution in [-0.4, -0.2) is 53.0 Å². The van der Waals surface area contributed by atoms with Crippen molar-refractivity contribution in [2.45, 2.75) is 32.7 Å². The molecule has 181 valence electrons. The Kier molecular flexibility index (Phi) is 962. The summed E-state index contributed by atoms with van der Waals surface area (Å²) in [6.07, 6.45) is 0. The van der Waals surface area contributed by atoms with Crippen molar-refractivity contribution in [2.24, 2.45) is 0 Å². The Morgan fingerprint density at radius 1 is 0.364 bits per heavy atom. The van der Waals surface area contributed by atoms with Crippen LogP contribution in [0.4, 0.5) is 0 Å². The molecule has 0 aromatic heterocycles. The Labute approximate surface area is 232 Å². The summed E-state index contributed by atoms with van der Waals surface area (Å²) in [5.41, 5.74) is 0. The van der Waals surface area contributed by atoms with Crippen molar-refractivity contribution >= 4 is 22.3 Å². The summed E-state index contributed by atoms with van der Waals surface area (Å²) in [7, 11) is 0. The summed E-state index contributed by atoms with van der Waals surface area (Å²) in [6, 6.07) is 0. The molecule has 0 aromatic rings. The van der Waals surface area contributed by atoms with Gasteiger partial charge in [0.05, 0.1) is 26.2 Å². The number of rotatable bonds is 4. The van der Waals surface area contributed by atoms with Gasteiger partial charge < -0.3 is 4.48 Å². The average Bonchev–Trinajstić information content (AvgIpc) is 2.98. The van der Waals surface area contributed by atoms with Gasteiger partial charge in [0.2, 0.25) is 0 Å². The van der Waals surface area contributed by atoms with E-state index in [0.29, 0.717) is 0 Å². The third-order valence-electron chi connectivity index (χ3n) is 2.68. The maximum atomic E-state index is 7.50. The largest absolute Gasteiger partial charge is 0 e. The third-order valence-corrected chi connectivity index (χ3v) is 2.68. The first kappa shape index (κ1) is 94.6. The van der Waals surface area contributed by atoms with E-state index in [1.807, 2.05) is 27.3 Å². The molecule has 0 saturated carbocycles. The van der Waals surface area contributed by atoms with Gasteiger partial charge in [0.25, 0.3) is 0 Å². The summed E-state index contributed by atoms with van der Waals surface area (Å²) < 4.78 is 76.3. The standard InChI is InChI=1S/C8H20N.10CO.CH3Te.2Cr/c1-5-9(6-2,7-3)8-4;11*1-2;;/h5-8H2,1-4H3;;;;;;;;;;;1H3;;/q+1;;;;;;;;;;;;;. The van der Waals surface area contributed by atoms with Crippen LogP contribution >= 0.6 is 0 Å². The second kappa shape index (κ2) is 336. The van der Waals surface area contributed by atoms with Crippen molar-refractivity contribution in [1.29, 1.82) is 0 Å². The summed E-state index contributed by atoms with van der Waals surface area (Å²) in [5, 5.41) is 0. The molecule has 0 saturated heterocycles.